The second-order valence-electron chi connectivity index (χ2n) is 19.0. The first-order valence-corrected chi connectivity index (χ1v) is 23.2. The Hall–Kier alpha value is -7.69. The van der Waals surface area contributed by atoms with Gasteiger partial charge in [0.1, 0.15) is 0 Å². The molecule has 10 aromatic rings. The first-order chi connectivity index (χ1) is 32.2. The van der Waals surface area contributed by atoms with Crippen LogP contribution < -0.4 is 42.6 Å². The average Bonchev–Trinajstić information content (AvgIpc) is 3.32. The molecule has 6 heteroatoms. The van der Waals surface area contributed by atoms with Crippen LogP contribution in [-0.2, 0) is 0 Å². The fourth-order valence-corrected chi connectivity index (χ4v) is 12.4. The van der Waals surface area contributed by atoms with Gasteiger partial charge in [-0.2, -0.15) is 0 Å². The van der Waals surface area contributed by atoms with Gasteiger partial charge in [0, 0.05) is 36.2 Å². The molecule has 0 N–H and O–H groups in total. The molecular weight excluding hydrogens is 798 g/mol. The van der Waals surface area contributed by atoms with Gasteiger partial charge in [-0.1, -0.05) is 154 Å². The highest BCUT2D eigenvalue weighted by Gasteiger charge is 2.48. The van der Waals surface area contributed by atoms with Gasteiger partial charge in [0.25, 0.3) is 0 Å². The van der Waals surface area contributed by atoms with Crippen LogP contribution in [0.5, 0.6) is 0 Å². The minimum atomic E-state index is -0.0439. The van der Waals surface area contributed by atoms with Crippen molar-refractivity contribution in [1.29, 1.82) is 0 Å². The second-order valence-corrected chi connectivity index (χ2v) is 19.0. The summed E-state index contributed by atoms with van der Waals surface area (Å²) < 4.78 is 0. The van der Waals surface area contributed by atoms with Gasteiger partial charge >= 0.3 is 0 Å². The van der Waals surface area contributed by atoms with Crippen molar-refractivity contribution in [2.75, 3.05) is 9.80 Å². The zero-order chi connectivity index (χ0) is 44.5. The Bertz CT molecular complexity index is 3400. The van der Waals surface area contributed by atoms with Crippen molar-refractivity contribution in [2.24, 2.45) is 0 Å². The molecule has 66 heavy (non-hydrogen) atoms. The van der Waals surface area contributed by atoms with E-state index in [2.05, 4.69) is 195 Å². The number of aromatic nitrogens is 2. The molecule has 0 bridgehead atoms. The Morgan fingerprint density at radius 1 is 0.364 bits per heavy atom. The topological polar surface area (TPSA) is 32.3 Å². The summed E-state index contributed by atoms with van der Waals surface area (Å²) in [6.45, 7) is 13.6. The van der Waals surface area contributed by atoms with Gasteiger partial charge in [-0.05, 0) is 144 Å². The summed E-state index contributed by atoms with van der Waals surface area (Å²) in [5, 5.41) is 5.02. The molecule has 5 heterocycles. The first-order valence-electron chi connectivity index (χ1n) is 23.2. The zero-order valence-electron chi connectivity index (χ0n) is 38.1. The third-order valence-electron chi connectivity index (χ3n) is 14.8. The molecule has 0 radical (unpaired) electrons. The number of benzene rings is 8. The van der Waals surface area contributed by atoms with Gasteiger partial charge in [0.15, 0.2) is 0 Å². The smallest absolute Gasteiger partial charge is 0.248 e. The lowest BCUT2D eigenvalue weighted by Gasteiger charge is -2.50. The average molecular weight is 845 g/mol. The maximum Gasteiger partial charge on any atom is 0.248 e. The number of fused-ring (bicyclic) bond motifs is 10. The Kier molecular flexibility index (Phi) is 8.46. The van der Waals surface area contributed by atoms with Gasteiger partial charge in [0.2, 0.25) is 13.4 Å². The van der Waals surface area contributed by atoms with Gasteiger partial charge in [0.05, 0.1) is 22.7 Å². The fourth-order valence-electron chi connectivity index (χ4n) is 12.4. The van der Waals surface area contributed by atoms with Crippen molar-refractivity contribution >= 4 is 102 Å². The molecule has 0 saturated carbocycles. The summed E-state index contributed by atoms with van der Waals surface area (Å²) in [6, 6.07) is 55.4. The van der Waals surface area contributed by atoms with Crippen LogP contribution in [0.4, 0.5) is 34.1 Å². The standard InChI is InChI=1S/C60H46B2N4/c1-35-25-37(3)55(38(4)26-35)61-49-29-41(45-15-11-23-63-33-45)19-21-51(49)65-54-32-44-14-8-10-18-48(44)58-60(54)66(53-31-43-13-7-9-17-47(43)57(61)59(53)65)52-22-20-42(46-16-12-24-64-34-46)30-50(52)62(58)56-39(5)27-36(2)28-40(56)6/h7-34H,1-6H3. The van der Waals surface area contributed by atoms with E-state index in [9.17, 15) is 0 Å². The normalized spacial score (nSPS) is 13.2. The highest BCUT2D eigenvalue weighted by atomic mass is 15.3. The number of rotatable bonds is 4. The molecule has 0 unspecified atom stereocenters. The van der Waals surface area contributed by atoms with E-state index in [0.717, 1.165) is 11.1 Å². The summed E-state index contributed by atoms with van der Waals surface area (Å²) in [6.07, 6.45) is 7.71. The zero-order valence-corrected chi connectivity index (χ0v) is 38.1. The van der Waals surface area contributed by atoms with Crippen molar-refractivity contribution in [3.63, 3.8) is 0 Å². The maximum absolute atomic E-state index is 4.58. The van der Waals surface area contributed by atoms with Crippen molar-refractivity contribution in [3.8, 4) is 22.3 Å². The van der Waals surface area contributed by atoms with Crippen molar-refractivity contribution in [3.05, 3.63) is 204 Å². The lowest BCUT2D eigenvalue weighted by atomic mass is 9.32. The molecule has 8 aromatic carbocycles. The lowest BCUT2D eigenvalue weighted by Crippen LogP contribution is -2.62. The van der Waals surface area contributed by atoms with E-state index in [-0.39, 0.29) is 13.4 Å². The molecule has 0 saturated heterocycles. The molecule has 3 aliphatic heterocycles. The Labute approximate surface area is 387 Å². The Morgan fingerprint density at radius 2 is 0.773 bits per heavy atom. The highest BCUT2D eigenvalue weighted by Crippen LogP contribution is 2.57. The van der Waals surface area contributed by atoms with Crippen LogP contribution in [0.15, 0.2) is 170 Å². The molecule has 3 aliphatic rings. The number of pyridine rings is 2. The summed E-state index contributed by atoms with van der Waals surface area (Å²) in [5.41, 5.74) is 27.7. The summed E-state index contributed by atoms with van der Waals surface area (Å²) in [4.78, 5) is 14.5. The number of hydrogen-bond acceptors (Lipinski definition) is 4. The summed E-state index contributed by atoms with van der Waals surface area (Å²) in [5.74, 6) is 0. The highest BCUT2D eigenvalue weighted by molar-refractivity contribution is 7.01. The van der Waals surface area contributed by atoms with Crippen molar-refractivity contribution < 1.29 is 0 Å². The lowest BCUT2D eigenvalue weighted by molar-refractivity contribution is 1.19. The number of aryl methyl sites for hydroxylation is 6. The molecule has 2 aromatic heterocycles. The molecule has 13 rings (SSSR count). The van der Waals surface area contributed by atoms with Gasteiger partial charge in [-0.3, -0.25) is 9.97 Å². The van der Waals surface area contributed by atoms with Crippen LogP contribution in [0, 0.1) is 41.5 Å². The van der Waals surface area contributed by atoms with E-state index in [0.29, 0.717) is 0 Å². The first kappa shape index (κ1) is 38.7. The minimum absolute atomic E-state index is 0.0439. The second kappa shape index (κ2) is 14.4. The predicted octanol–water partition coefficient (Wildman–Crippen LogP) is 10.9. The van der Waals surface area contributed by atoms with Crippen molar-refractivity contribution in [1.82, 2.24) is 9.97 Å². The van der Waals surface area contributed by atoms with Gasteiger partial charge in [-0.15, -0.1) is 0 Å². The molecule has 4 nitrogen and oxygen atoms in total. The predicted molar refractivity (Wildman–Crippen MR) is 281 cm³/mol. The van der Waals surface area contributed by atoms with E-state index in [4.69, 9.17) is 0 Å². The molecule has 312 valence electrons. The quantitative estimate of drug-likeness (QED) is 0.165. The van der Waals surface area contributed by atoms with Crippen LogP contribution in [0.25, 0.3) is 43.8 Å². The Morgan fingerprint density at radius 3 is 1.17 bits per heavy atom. The SMILES string of the molecule is Cc1cc(C)c(B2c3cc(-c4cccnc4)ccc3N3c4cc5ccccc5c5c4N(c4ccc(-c6cccnc6)cc4B5c4c(C)cc(C)cc4C)c4cc5ccccc5c2c43)c(C)c1. The number of hydrogen-bond donors (Lipinski definition) is 0. The van der Waals surface area contributed by atoms with Crippen LogP contribution in [0.3, 0.4) is 0 Å². The molecule has 0 aliphatic carbocycles. The van der Waals surface area contributed by atoms with E-state index in [1.54, 1.807) is 0 Å². The molecule has 0 amide bonds. The van der Waals surface area contributed by atoms with Gasteiger partial charge < -0.3 is 9.80 Å². The number of anilines is 6. The molecule has 0 spiro atoms. The van der Waals surface area contributed by atoms with Crippen LogP contribution in [0.2, 0.25) is 0 Å². The molecule has 0 fully saturated rings. The molecule has 0 atom stereocenters. The van der Waals surface area contributed by atoms with Crippen LogP contribution >= 0.6 is 0 Å². The number of nitrogens with zero attached hydrogens (tertiary/aromatic N) is 4. The van der Waals surface area contributed by atoms with E-state index in [1.165, 1.54) is 133 Å². The summed E-state index contributed by atoms with van der Waals surface area (Å²) >= 11 is 0. The Balaban J connectivity index is 1.22. The maximum atomic E-state index is 4.58. The fraction of sp³-hybridized carbons (Fsp3) is 0.100. The van der Waals surface area contributed by atoms with E-state index >= 15 is 0 Å². The third-order valence-corrected chi connectivity index (χ3v) is 14.8. The van der Waals surface area contributed by atoms with Crippen LogP contribution in [-0.4, -0.2) is 23.4 Å². The van der Waals surface area contributed by atoms with E-state index in [1.807, 2.05) is 36.9 Å². The van der Waals surface area contributed by atoms with Gasteiger partial charge in [-0.25, -0.2) is 0 Å². The van der Waals surface area contributed by atoms with Crippen molar-refractivity contribution in [2.45, 2.75) is 41.5 Å². The monoisotopic (exact) mass is 844 g/mol. The largest absolute Gasteiger partial charge is 0.307 e. The summed E-state index contributed by atoms with van der Waals surface area (Å²) in [7, 11) is 0. The van der Waals surface area contributed by atoms with E-state index < -0.39 is 0 Å². The third kappa shape index (κ3) is 5.54. The minimum Gasteiger partial charge on any atom is -0.307 e. The van der Waals surface area contributed by atoms with Crippen LogP contribution in [0.1, 0.15) is 33.4 Å². The molecular formula is C60H46B2N4.